The second kappa shape index (κ2) is 8.26. The number of carbonyl (C=O) groups excluding carboxylic acids is 1. The molecule has 0 aliphatic heterocycles. The van der Waals surface area contributed by atoms with E-state index in [4.69, 9.17) is 11.6 Å². The Morgan fingerprint density at radius 3 is 2.86 bits per heavy atom. The van der Waals surface area contributed by atoms with Crippen molar-refractivity contribution in [3.05, 3.63) is 77.3 Å². The van der Waals surface area contributed by atoms with E-state index in [1.54, 1.807) is 36.8 Å². The molecule has 0 atom stereocenters. The Hall–Kier alpha value is -2.84. The summed E-state index contributed by atoms with van der Waals surface area (Å²) in [5, 5.41) is 0.742. The number of benzene rings is 2. The number of aromatic nitrogens is 3. The van der Waals surface area contributed by atoms with Crippen molar-refractivity contribution in [3.63, 3.8) is 0 Å². The first kappa shape index (κ1) is 19.5. The van der Waals surface area contributed by atoms with Gasteiger partial charge in [-0.2, -0.15) is 0 Å². The Morgan fingerprint density at radius 1 is 1.24 bits per heavy atom. The van der Waals surface area contributed by atoms with Gasteiger partial charge in [0.05, 0.1) is 11.0 Å². The molecular weight excluding hydrogens is 418 g/mol. The van der Waals surface area contributed by atoms with Gasteiger partial charge in [0, 0.05) is 42.1 Å². The summed E-state index contributed by atoms with van der Waals surface area (Å²) in [5.74, 6) is -1.74. The zero-order valence-corrected chi connectivity index (χ0v) is 16.6. The molecule has 2 aromatic carbocycles. The zero-order chi connectivity index (χ0) is 20.4. The molecule has 2 heterocycles. The van der Waals surface area contributed by atoms with Gasteiger partial charge in [0.1, 0.15) is 11.3 Å². The van der Waals surface area contributed by atoms with Crippen LogP contribution in [0.1, 0.15) is 16.8 Å². The summed E-state index contributed by atoms with van der Waals surface area (Å²) >= 11 is 7.10. The van der Waals surface area contributed by atoms with Gasteiger partial charge in [0.25, 0.3) is 5.91 Å². The Bertz CT molecular complexity index is 1160. The van der Waals surface area contributed by atoms with Gasteiger partial charge in [-0.15, -0.1) is 0 Å². The highest BCUT2D eigenvalue weighted by molar-refractivity contribution is 7.22. The molecule has 0 fully saturated rings. The van der Waals surface area contributed by atoms with Crippen molar-refractivity contribution in [2.24, 2.45) is 0 Å². The van der Waals surface area contributed by atoms with Gasteiger partial charge in [-0.3, -0.25) is 9.69 Å². The summed E-state index contributed by atoms with van der Waals surface area (Å²) in [5.41, 5.74) is 0.441. The van der Waals surface area contributed by atoms with Crippen LogP contribution >= 0.6 is 22.9 Å². The van der Waals surface area contributed by atoms with E-state index in [-0.39, 0.29) is 11.4 Å². The summed E-state index contributed by atoms with van der Waals surface area (Å²) in [6.07, 6.45) is 5.83. The summed E-state index contributed by atoms with van der Waals surface area (Å²) in [6.45, 7) is 0.987. The SMILES string of the molecule is O=C(c1cccc(Cl)c1)N(CCCn1ccnc1)c1nc2c(F)cc(F)cc2s1. The molecule has 0 radical (unpaired) electrons. The number of aryl methyl sites for hydroxylation is 1. The molecule has 0 saturated heterocycles. The molecule has 0 aliphatic rings. The summed E-state index contributed by atoms with van der Waals surface area (Å²) < 4.78 is 29.9. The lowest BCUT2D eigenvalue weighted by molar-refractivity contribution is 0.0986. The maximum atomic E-state index is 14.1. The van der Waals surface area contributed by atoms with Gasteiger partial charge in [0.15, 0.2) is 10.9 Å². The smallest absolute Gasteiger partial charge is 0.260 e. The first-order chi connectivity index (χ1) is 14.0. The van der Waals surface area contributed by atoms with Crippen LogP contribution in [-0.2, 0) is 6.54 Å². The molecule has 0 bridgehead atoms. The normalized spacial score (nSPS) is 11.1. The Morgan fingerprint density at radius 2 is 2.10 bits per heavy atom. The fourth-order valence-corrected chi connectivity index (χ4v) is 4.17. The van der Waals surface area contributed by atoms with E-state index in [1.807, 2.05) is 10.8 Å². The standard InChI is InChI=1S/C20H15ClF2N4OS/c21-14-4-1-3-13(9-14)19(28)27(7-2-6-26-8-5-24-12-26)20-25-18-16(23)10-15(22)11-17(18)29-20/h1,3-5,8-12H,2,6-7H2. The molecule has 0 saturated carbocycles. The van der Waals surface area contributed by atoms with E-state index < -0.39 is 11.6 Å². The van der Waals surface area contributed by atoms with Crippen molar-refractivity contribution in [1.82, 2.24) is 14.5 Å². The molecule has 4 rings (SSSR count). The molecule has 1 amide bonds. The van der Waals surface area contributed by atoms with Gasteiger partial charge in [0.2, 0.25) is 0 Å². The van der Waals surface area contributed by atoms with E-state index in [1.165, 1.54) is 11.0 Å². The first-order valence-corrected chi connectivity index (χ1v) is 9.99. The Labute approximate surface area is 174 Å². The highest BCUT2D eigenvalue weighted by Crippen LogP contribution is 2.32. The minimum absolute atomic E-state index is 0.0462. The minimum Gasteiger partial charge on any atom is -0.337 e. The molecule has 0 spiro atoms. The highest BCUT2D eigenvalue weighted by Gasteiger charge is 2.22. The second-order valence-corrected chi connectivity index (χ2v) is 7.80. The number of anilines is 1. The fraction of sp³-hybridized carbons (Fsp3) is 0.150. The van der Waals surface area contributed by atoms with Gasteiger partial charge in [-0.25, -0.2) is 18.7 Å². The van der Waals surface area contributed by atoms with Crippen molar-refractivity contribution in [3.8, 4) is 0 Å². The summed E-state index contributed by atoms with van der Waals surface area (Å²) in [7, 11) is 0. The predicted octanol–water partition coefficient (Wildman–Crippen LogP) is 5.16. The van der Waals surface area contributed by atoms with Crippen LogP contribution in [0.25, 0.3) is 10.2 Å². The lowest BCUT2D eigenvalue weighted by Gasteiger charge is -2.20. The molecule has 0 N–H and O–H groups in total. The Kier molecular flexibility index (Phi) is 5.55. The second-order valence-electron chi connectivity index (χ2n) is 6.35. The van der Waals surface area contributed by atoms with E-state index in [0.717, 1.165) is 17.4 Å². The number of rotatable bonds is 6. The van der Waals surface area contributed by atoms with Crippen LogP contribution in [0.4, 0.5) is 13.9 Å². The van der Waals surface area contributed by atoms with Crippen LogP contribution in [0.15, 0.2) is 55.1 Å². The van der Waals surface area contributed by atoms with E-state index >= 15 is 0 Å². The number of hydrogen-bond acceptors (Lipinski definition) is 4. The maximum Gasteiger partial charge on any atom is 0.260 e. The van der Waals surface area contributed by atoms with Crippen molar-refractivity contribution < 1.29 is 13.6 Å². The minimum atomic E-state index is -0.754. The van der Waals surface area contributed by atoms with Crippen LogP contribution in [0, 0.1) is 11.6 Å². The third-order valence-electron chi connectivity index (χ3n) is 4.31. The molecular formula is C20H15ClF2N4OS. The zero-order valence-electron chi connectivity index (χ0n) is 15.1. The molecule has 0 aliphatic carbocycles. The lowest BCUT2D eigenvalue weighted by atomic mass is 10.2. The van der Waals surface area contributed by atoms with Gasteiger partial charge in [-0.1, -0.05) is 29.0 Å². The first-order valence-electron chi connectivity index (χ1n) is 8.80. The lowest BCUT2D eigenvalue weighted by Crippen LogP contribution is -2.32. The molecule has 9 heteroatoms. The monoisotopic (exact) mass is 432 g/mol. The summed E-state index contributed by atoms with van der Waals surface area (Å²) in [6, 6.07) is 8.59. The van der Waals surface area contributed by atoms with E-state index in [2.05, 4.69) is 9.97 Å². The number of halogens is 3. The van der Waals surface area contributed by atoms with E-state index in [9.17, 15) is 13.6 Å². The average molecular weight is 433 g/mol. The van der Waals surface area contributed by atoms with Crippen LogP contribution in [0.5, 0.6) is 0 Å². The van der Waals surface area contributed by atoms with Crippen molar-refractivity contribution in [2.45, 2.75) is 13.0 Å². The van der Waals surface area contributed by atoms with Gasteiger partial charge < -0.3 is 4.57 Å². The van der Waals surface area contributed by atoms with Crippen molar-refractivity contribution in [1.29, 1.82) is 0 Å². The maximum absolute atomic E-state index is 14.1. The third-order valence-corrected chi connectivity index (χ3v) is 5.57. The number of thiazole rings is 1. The van der Waals surface area contributed by atoms with Gasteiger partial charge >= 0.3 is 0 Å². The fourth-order valence-electron chi connectivity index (χ4n) is 2.95. The van der Waals surface area contributed by atoms with Crippen LogP contribution < -0.4 is 4.90 Å². The number of imidazole rings is 1. The topological polar surface area (TPSA) is 51.0 Å². The average Bonchev–Trinajstić information content (AvgIpc) is 3.34. The molecule has 2 aromatic heterocycles. The van der Waals surface area contributed by atoms with Crippen LogP contribution in [-0.4, -0.2) is 27.0 Å². The molecule has 0 unspecified atom stereocenters. The van der Waals surface area contributed by atoms with Crippen molar-refractivity contribution >= 4 is 44.2 Å². The number of nitrogens with zero attached hydrogens (tertiary/aromatic N) is 4. The van der Waals surface area contributed by atoms with Crippen LogP contribution in [0.3, 0.4) is 0 Å². The highest BCUT2D eigenvalue weighted by atomic mass is 35.5. The largest absolute Gasteiger partial charge is 0.337 e. The number of amides is 1. The molecule has 4 aromatic rings. The Balaban J connectivity index is 1.67. The molecule has 5 nitrogen and oxygen atoms in total. The third kappa shape index (κ3) is 4.28. The quantitative estimate of drug-likeness (QED) is 0.423. The van der Waals surface area contributed by atoms with Gasteiger partial charge in [-0.05, 0) is 30.7 Å². The number of hydrogen-bond donors (Lipinski definition) is 0. The molecule has 29 heavy (non-hydrogen) atoms. The summed E-state index contributed by atoms with van der Waals surface area (Å²) in [4.78, 5) is 22.9. The van der Waals surface area contributed by atoms with Crippen LogP contribution in [0.2, 0.25) is 5.02 Å². The number of carbonyl (C=O) groups is 1. The van der Waals surface area contributed by atoms with E-state index in [0.29, 0.717) is 39.9 Å². The van der Waals surface area contributed by atoms with Crippen molar-refractivity contribution in [2.75, 3.05) is 11.4 Å². The molecule has 148 valence electrons. The number of fused-ring (bicyclic) bond motifs is 1. The predicted molar refractivity (Wildman–Crippen MR) is 110 cm³/mol.